The van der Waals surface area contributed by atoms with Crippen LogP contribution in [0.4, 0.5) is 4.79 Å². The van der Waals surface area contributed by atoms with E-state index in [4.69, 9.17) is 5.11 Å². The van der Waals surface area contributed by atoms with Crippen molar-refractivity contribution in [1.82, 2.24) is 15.5 Å². The molecule has 1 aliphatic rings. The van der Waals surface area contributed by atoms with E-state index in [2.05, 4.69) is 22.5 Å². The Bertz CT molecular complexity index is 322. The Kier molecular flexibility index (Phi) is 6.04. The molecule has 3 atom stereocenters. The van der Waals surface area contributed by atoms with E-state index in [-0.39, 0.29) is 0 Å². The molecule has 1 unspecified atom stereocenters. The van der Waals surface area contributed by atoms with Crippen LogP contribution in [0.1, 0.15) is 20.3 Å². The summed E-state index contributed by atoms with van der Waals surface area (Å²) in [5.41, 5.74) is 0. The smallest absolute Gasteiger partial charge is 0.328 e. The lowest BCUT2D eigenvalue weighted by Crippen LogP contribution is -2.51. The van der Waals surface area contributed by atoms with Gasteiger partial charge in [0.25, 0.3) is 0 Å². The van der Waals surface area contributed by atoms with Gasteiger partial charge in [-0.1, -0.05) is 6.92 Å². The van der Waals surface area contributed by atoms with Gasteiger partial charge in [-0.3, -0.25) is 0 Å². The van der Waals surface area contributed by atoms with Crippen LogP contribution in [-0.2, 0) is 4.79 Å². The van der Waals surface area contributed by atoms with Gasteiger partial charge < -0.3 is 25.7 Å². The Morgan fingerprint density at radius 3 is 2.63 bits per heavy atom. The topological polar surface area (TPSA) is 102 Å². The van der Waals surface area contributed by atoms with Crippen LogP contribution in [-0.4, -0.2) is 65.4 Å². The molecular formula is C12H23N3O4. The summed E-state index contributed by atoms with van der Waals surface area (Å²) in [5, 5.41) is 23.0. The van der Waals surface area contributed by atoms with Crippen LogP contribution in [0.3, 0.4) is 0 Å². The number of carbonyl (C=O) groups is 2. The molecule has 1 rings (SSSR count). The van der Waals surface area contributed by atoms with Crippen molar-refractivity contribution in [3.05, 3.63) is 0 Å². The van der Waals surface area contributed by atoms with E-state index in [9.17, 15) is 14.7 Å². The number of hydrogen-bond donors (Lipinski definition) is 4. The summed E-state index contributed by atoms with van der Waals surface area (Å²) in [6.07, 6.45) is -0.0994. The van der Waals surface area contributed by atoms with Crippen molar-refractivity contribution < 1.29 is 19.8 Å². The minimum atomic E-state index is -1.28. The number of hydrogen-bond acceptors (Lipinski definition) is 4. The number of aliphatic carboxylic acids is 1. The molecule has 0 spiro atoms. The normalized spacial score (nSPS) is 22.8. The highest BCUT2D eigenvalue weighted by molar-refractivity contribution is 5.82. The van der Waals surface area contributed by atoms with Gasteiger partial charge in [0, 0.05) is 13.1 Å². The van der Waals surface area contributed by atoms with Crippen LogP contribution < -0.4 is 10.6 Å². The third-order valence-electron chi connectivity index (χ3n) is 3.40. The molecule has 110 valence electrons. The molecule has 0 aromatic heterocycles. The summed E-state index contributed by atoms with van der Waals surface area (Å²) < 4.78 is 0. The van der Waals surface area contributed by atoms with Gasteiger partial charge in [-0.15, -0.1) is 0 Å². The summed E-state index contributed by atoms with van der Waals surface area (Å²) in [4.78, 5) is 24.7. The number of rotatable bonds is 6. The minimum Gasteiger partial charge on any atom is -0.480 e. The lowest BCUT2D eigenvalue weighted by atomic mass is 10.1. The van der Waals surface area contributed by atoms with Gasteiger partial charge in [0.2, 0.25) is 0 Å². The van der Waals surface area contributed by atoms with Crippen molar-refractivity contribution in [2.75, 3.05) is 26.2 Å². The molecule has 7 nitrogen and oxygen atoms in total. The Morgan fingerprint density at radius 1 is 1.47 bits per heavy atom. The molecular weight excluding hydrogens is 250 g/mol. The highest BCUT2D eigenvalue weighted by Gasteiger charge is 2.26. The first kappa shape index (κ1) is 15.7. The van der Waals surface area contributed by atoms with Crippen molar-refractivity contribution in [1.29, 1.82) is 0 Å². The monoisotopic (exact) mass is 273 g/mol. The van der Waals surface area contributed by atoms with Gasteiger partial charge in [0.15, 0.2) is 6.04 Å². The second-order valence-electron chi connectivity index (χ2n) is 4.96. The van der Waals surface area contributed by atoms with Gasteiger partial charge in [0.1, 0.15) is 0 Å². The van der Waals surface area contributed by atoms with E-state index in [0.29, 0.717) is 12.5 Å². The second kappa shape index (κ2) is 7.30. The molecule has 0 aromatic carbocycles. The van der Waals surface area contributed by atoms with Crippen LogP contribution >= 0.6 is 0 Å². The van der Waals surface area contributed by atoms with Gasteiger partial charge >= 0.3 is 12.0 Å². The highest BCUT2D eigenvalue weighted by Crippen LogP contribution is 2.14. The van der Waals surface area contributed by atoms with E-state index < -0.39 is 24.1 Å². The molecule has 1 aliphatic heterocycles. The maximum atomic E-state index is 11.6. The minimum absolute atomic E-state index is 0.403. The molecule has 7 heteroatoms. The predicted molar refractivity (Wildman–Crippen MR) is 69.9 cm³/mol. The first-order valence-corrected chi connectivity index (χ1v) is 6.61. The lowest BCUT2D eigenvalue weighted by molar-refractivity contribution is -0.141. The Labute approximate surface area is 113 Å². The largest absolute Gasteiger partial charge is 0.480 e. The molecule has 1 saturated heterocycles. The second-order valence-corrected chi connectivity index (χ2v) is 4.96. The molecule has 0 saturated carbocycles. The fourth-order valence-corrected chi connectivity index (χ4v) is 2.18. The van der Waals surface area contributed by atoms with Crippen LogP contribution in [0, 0.1) is 5.92 Å². The average Bonchev–Trinajstić information content (AvgIpc) is 2.80. The molecule has 1 heterocycles. The van der Waals surface area contributed by atoms with Gasteiger partial charge in [-0.05, 0) is 32.4 Å². The molecule has 19 heavy (non-hydrogen) atoms. The van der Waals surface area contributed by atoms with Crippen molar-refractivity contribution >= 4 is 12.0 Å². The summed E-state index contributed by atoms with van der Waals surface area (Å²) in [7, 11) is 0. The van der Waals surface area contributed by atoms with E-state index >= 15 is 0 Å². The zero-order valence-corrected chi connectivity index (χ0v) is 11.4. The molecule has 2 amide bonds. The van der Waals surface area contributed by atoms with E-state index in [0.717, 1.165) is 26.1 Å². The standard InChI is InChI=1S/C12H23N3O4/c1-3-15-5-4-9(7-15)6-13-12(19)14-10(8(2)16)11(17)18/h8-10,16H,3-7H2,1-2H3,(H,17,18)(H2,13,14,19)/t8-,9?,10+/m1/s1. The van der Waals surface area contributed by atoms with E-state index in [1.165, 1.54) is 6.92 Å². The maximum absolute atomic E-state index is 11.6. The quantitative estimate of drug-likeness (QED) is 0.521. The van der Waals surface area contributed by atoms with Crippen molar-refractivity contribution in [3.63, 3.8) is 0 Å². The van der Waals surface area contributed by atoms with Crippen LogP contribution in [0.25, 0.3) is 0 Å². The third-order valence-corrected chi connectivity index (χ3v) is 3.40. The number of carboxylic acids is 1. The Morgan fingerprint density at radius 2 is 2.16 bits per heavy atom. The number of carboxylic acid groups (broad SMARTS) is 1. The number of aliphatic hydroxyl groups is 1. The SMILES string of the molecule is CCN1CCC(CNC(=O)N[C@H](C(=O)O)[C@@H](C)O)C1. The molecule has 0 radical (unpaired) electrons. The predicted octanol–water partition coefficient (Wildman–Crippen LogP) is -0.539. The van der Waals surface area contributed by atoms with Crippen LogP contribution in [0.5, 0.6) is 0 Å². The number of urea groups is 1. The third kappa shape index (κ3) is 5.04. The summed E-state index contributed by atoms with van der Waals surface area (Å²) in [6, 6.07) is -1.83. The Balaban J connectivity index is 2.29. The van der Waals surface area contributed by atoms with Crippen molar-refractivity contribution in [3.8, 4) is 0 Å². The zero-order chi connectivity index (χ0) is 14.4. The summed E-state index contributed by atoms with van der Waals surface area (Å²) in [6.45, 7) is 6.95. The molecule has 0 bridgehead atoms. The molecule has 4 N–H and O–H groups in total. The highest BCUT2D eigenvalue weighted by atomic mass is 16.4. The van der Waals surface area contributed by atoms with Crippen molar-refractivity contribution in [2.45, 2.75) is 32.4 Å². The first-order chi connectivity index (χ1) is 8.93. The van der Waals surface area contributed by atoms with Crippen molar-refractivity contribution in [2.24, 2.45) is 5.92 Å². The molecule has 0 aliphatic carbocycles. The van der Waals surface area contributed by atoms with E-state index in [1.807, 2.05) is 0 Å². The van der Waals surface area contributed by atoms with Gasteiger partial charge in [-0.2, -0.15) is 0 Å². The number of amides is 2. The number of nitrogens with one attached hydrogen (secondary N) is 2. The summed E-state index contributed by atoms with van der Waals surface area (Å²) >= 11 is 0. The number of aliphatic hydroxyl groups excluding tert-OH is 1. The molecule has 1 fully saturated rings. The first-order valence-electron chi connectivity index (χ1n) is 6.61. The lowest BCUT2D eigenvalue weighted by Gasteiger charge is -2.18. The van der Waals surface area contributed by atoms with Gasteiger partial charge in [-0.25, -0.2) is 9.59 Å². The summed E-state index contributed by atoms with van der Waals surface area (Å²) in [5.74, 6) is -0.844. The van der Waals surface area contributed by atoms with Gasteiger partial charge in [0.05, 0.1) is 6.10 Å². The average molecular weight is 273 g/mol. The fraction of sp³-hybridized carbons (Fsp3) is 0.833. The number of likely N-dealkylation sites (tertiary alicyclic amines) is 1. The number of nitrogens with zero attached hydrogens (tertiary/aromatic N) is 1. The molecule has 0 aromatic rings. The fourth-order valence-electron chi connectivity index (χ4n) is 2.18. The zero-order valence-electron chi connectivity index (χ0n) is 11.4. The van der Waals surface area contributed by atoms with E-state index in [1.54, 1.807) is 0 Å². The number of carbonyl (C=O) groups excluding carboxylic acids is 1. The van der Waals surface area contributed by atoms with Crippen LogP contribution in [0.2, 0.25) is 0 Å². The Hall–Kier alpha value is -1.34. The van der Waals surface area contributed by atoms with Crippen LogP contribution in [0.15, 0.2) is 0 Å². The maximum Gasteiger partial charge on any atom is 0.328 e.